The average Bonchev–Trinajstić information content (AvgIpc) is 2.92. The fourth-order valence-corrected chi connectivity index (χ4v) is 2.43. The maximum Gasteiger partial charge on any atom is 0.315 e. The van der Waals surface area contributed by atoms with Crippen molar-refractivity contribution < 1.29 is 4.79 Å². The summed E-state index contributed by atoms with van der Waals surface area (Å²) in [6.07, 6.45) is 2.15. The van der Waals surface area contributed by atoms with Crippen LogP contribution < -0.4 is 5.73 Å². The Morgan fingerprint density at radius 3 is 2.81 bits per heavy atom. The van der Waals surface area contributed by atoms with Crippen LogP contribution in [-0.4, -0.2) is 22.0 Å². The molecule has 0 aliphatic heterocycles. The smallest absolute Gasteiger partial charge is 0.315 e. The minimum absolute atomic E-state index is 0.332. The second-order valence-electron chi connectivity index (χ2n) is 4.53. The molecule has 2 rings (SSSR count). The van der Waals surface area contributed by atoms with Crippen LogP contribution in [0.3, 0.4) is 0 Å². The molecule has 1 aliphatic carbocycles. The van der Waals surface area contributed by atoms with E-state index < -0.39 is 0 Å². The van der Waals surface area contributed by atoms with Crippen molar-refractivity contribution in [3.8, 4) is 0 Å². The fraction of sp³-hybridized carbons (Fsp3) is 0.636. The number of urea groups is 1. The third-order valence-corrected chi connectivity index (χ3v) is 3.86. The van der Waals surface area contributed by atoms with Crippen LogP contribution in [0.15, 0.2) is 5.38 Å². The monoisotopic (exact) mass is 239 g/mol. The largest absolute Gasteiger partial charge is 0.351 e. The van der Waals surface area contributed by atoms with Crippen molar-refractivity contribution in [3.63, 3.8) is 0 Å². The van der Waals surface area contributed by atoms with Gasteiger partial charge in [-0.1, -0.05) is 13.8 Å². The molecule has 88 valence electrons. The summed E-state index contributed by atoms with van der Waals surface area (Å²) in [5.41, 5.74) is 6.31. The van der Waals surface area contributed by atoms with Gasteiger partial charge < -0.3 is 10.6 Å². The molecule has 16 heavy (non-hydrogen) atoms. The molecule has 0 atom stereocenters. The van der Waals surface area contributed by atoms with E-state index >= 15 is 0 Å². The quantitative estimate of drug-likeness (QED) is 0.876. The Labute approximate surface area is 99.5 Å². The zero-order valence-corrected chi connectivity index (χ0v) is 10.5. The van der Waals surface area contributed by atoms with E-state index in [-0.39, 0.29) is 6.03 Å². The normalized spacial score (nSPS) is 15.4. The number of hydrogen-bond donors (Lipinski definition) is 1. The highest BCUT2D eigenvalue weighted by molar-refractivity contribution is 7.09. The number of nitrogens with two attached hydrogens (primary N) is 1. The average molecular weight is 239 g/mol. The summed E-state index contributed by atoms with van der Waals surface area (Å²) in [5.74, 6) is 0.446. The highest BCUT2D eigenvalue weighted by Crippen LogP contribution is 2.28. The van der Waals surface area contributed by atoms with Crippen molar-refractivity contribution in [2.75, 3.05) is 0 Å². The van der Waals surface area contributed by atoms with Gasteiger partial charge in [0.25, 0.3) is 0 Å². The first-order valence-corrected chi connectivity index (χ1v) is 6.46. The van der Waals surface area contributed by atoms with E-state index in [0.29, 0.717) is 18.5 Å². The zero-order valence-electron chi connectivity index (χ0n) is 9.64. The highest BCUT2D eigenvalue weighted by Gasteiger charge is 2.31. The molecule has 2 N–H and O–H groups in total. The Kier molecular flexibility index (Phi) is 3.14. The molecule has 1 aromatic heterocycles. The summed E-state index contributed by atoms with van der Waals surface area (Å²) in [4.78, 5) is 17.5. The maximum atomic E-state index is 11.2. The number of amides is 2. The lowest BCUT2D eigenvalue weighted by Gasteiger charge is -2.18. The van der Waals surface area contributed by atoms with Gasteiger partial charge >= 0.3 is 6.03 Å². The minimum atomic E-state index is -0.332. The first-order chi connectivity index (χ1) is 7.58. The number of primary amides is 1. The lowest BCUT2D eigenvalue weighted by molar-refractivity contribution is 0.201. The summed E-state index contributed by atoms with van der Waals surface area (Å²) in [6.45, 7) is 4.80. The van der Waals surface area contributed by atoms with Crippen molar-refractivity contribution in [1.29, 1.82) is 0 Å². The maximum absolute atomic E-state index is 11.2. The van der Waals surface area contributed by atoms with Gasteiger partial charge in [-0.25, -0.2) is 9.78 Å². The van der Waals surface area contributed by atoms with Crippen LogP contribution in [0.1, 0.15) is 43.3 Å². The van der Waals surface area contributed by atoms with Gasteiger partial charge in [-0.05, 0) is 12.8 Å². The molecule has 0 radical (unpaired) electrons. The molecule has 1 heterocycles. The van der Waals surface area contributed by atoms with Gasteiger partial charge in [0, 0.05) is 17.3 Å². The van der Waals surface area contributed by atoms with Crippen molar-refractivity contribution in [2.45, 2.75) is 45.2 Å². The van der Waals surface area contributed by atoms with Crippen LogP contribution in [0, 0.1) is 0 Å². The summed E-state index contributed by atoms with van der Waals surface area (Å²) < 4.78 is 0. The standard InChI is InChI=1S/C11H17N3OS/c1-7(2)10-13-8(6-16-10)5-14(11(12)15)9-3-4-9/h6-7,9H,3-5H2,1-2H3,(H2,12,15). The van der Waals surface area contributed by atoms with Crippen molar-refractivity contribution in [3.05, 3.63) is 16.1 Å². The lowest BCUT2D eigenvalue weighted by atomic mass is 10.2. The van der Waals surface area contributed by atoms with Crippen molar-refractivity contribution in [1.82, 2.24) is 9.88 Å². The molecule has 0 aromatic carbocycles. The lowest BCUT2D eigenvalue weighted by Crippen LogP contribution is -2.37. The number of carbonyl (C=O) groups is 1. The Bertz CT molecular complexity index is 384. The Balaban J connectivity index is 2.03. The Morgan fingerprint density at radius 1 is 1.69 bits per heavy atom. The molecular weight excluding hydrogens is 222 g/mol. The van der Waals surface area contributed by atoms with E-state index in [0.717, 1.165) is 23.5 Å². The summed E-state index contributed by atoms with van der Waals surface area (Å²) >= 11 is 1.65. The minimum Gasteiger partial charge on any atom is -0.351 e. The van der Waals surface area contributed by atoms with Crippen LogP contribution in [-0.2, 0) is 6.54 Å². The predicted octanol–water partition coefficient (Wildman–Crippen LogP) is 2.31. The van der Waals surface area contributed by atoms with Gasteiger partial charge in [0.15, 0.2) is 0 Å². The van der Waals surface area contributed by atoms with Crippen molar-refractivity contribution >= 4 is 17.4 Å². The summed E-state index contributed by atoms with van der Waals surface area (Å²) in [5, 5.41) is 3.14. The molecule has 0 unspecified atom stereocenters. The molecule has 5 heteroatoms. The van der Waals surface area contributed by atoms with Gasteiger partial charge in [-0.3, -0.25) is 0 Å². The molecule has 1 saturated carbocycles. The fourth-order valence-electron chi connectivity index (χ4n) is 1.61. The van der Waals surface area contributed by atoms with Crippen LogP contribution in [0.2, 0.25) is 0 Å². The van der Waals surface area contributed by atoms with Gasteiger partial charge in [0.05, 0.1) is 17.2 Å². The summed E-state index contributed by atoms with van der Waals surface area (Å²) in [7, 11) is 0. The second-order valence-corrected chi connectivity index (χ2v) is 5.42. The van der Waals surface area contributed by atoms with E-state index in [4.69, 9.17) is 5.73 Å². The predicted molar refractivity (Wildman–Crippen MR) is 64.4 cm³/mol. The third-order valence-electron chi connectivity index (χ3n) is 2.67. The molecular formula is C11H17N3OS. The topological polar surface area (TPSA) is 59.2 Å². The van der Waals surface area contributed by atoms with E-state index in [1.165, 1.54) is 0 Å². The molecule has 1 fully saturated rings. The molecule has 1 aromatic rings. The van der Waals surface area contributed by atoms with Gasteiger partial charge in [0.2, 0.25) is 0 Å². The number of thiazole rings is 1. The SMILES string of the molecule is CC(C)c1nc(CN(C(N)=O)C2CC2)cs1. The molecule has 4 nitrogen and oxygen atoms in total. The van der Waals surface area contributed by atoms with Gasteiger partial charge in [-0.15, -0.1) is 11.3 Å². The van der Waals surface area contributed by atoms with Crippen LogP contribution >= 0.6 is 11.3 Å². The van der Waals surface area contributed by atoms with E-state index in [2.05, 4.69) is 18.8 Å². The van der Waals surface area contributed by atoms with Gasteiger partial charge in [-0.2, -0.15) is 0 Å². The Hall–Kier alpha value is -1.10. The number of rotatable bonds is 4. The van der Waals surface area contributed by atoms with Crippen molar-refractivity contribution in [2.24, 2.45) is 5.73 Å². The Morgan fingerprint density at radius 2 is 2.38 bits per heavy atom. The third kappa shape index (κ3) is 2.52. The van der Waals surface area contributed by atoms with Crippen LogP contribution in [0.25, 0.3) is 0 Å². The first-order valence-electron chi connectivity index (χ1n) is 5.58. The van der Waals surface area contributed by atoms with E-state index in [9.17, 15) is 4.79 Å². The molecule has 2 amide bonds. The van der Waals surface area contributed by atoms with Gasteiger partial charge in [0.1, 0.15) is 0 Å². The highest BCUT2D eigenvalue weighted by atomic mass is 32.1. The molecule has 0 spiro atoms. The van der Waals surface area contributed by atoms with Crippen LogP contribution in [0.4, 0.5) is 4.79 Å². The zero-order chi connectivity index (χ0) is 11.7. The van der Waals surface area contributed by atoms with Crippen LogP contribution in [0.5, 0.6) is 0 Å². The first kappa shape index (κ1) is 11.4. The number of hydrogen-bond acceptors (Lipinski definition) is 3. The van der Waals surface area contributed by atoms with E-state index in [1.807, 2.05) is 5.38 Å². The summed E-state index contributed by atoms with van der Waals surface area (Å²) in [6, 6.07) is 0.0169. The number of carbonyl (C=O) groups excluding carboxylic acids is 1. The molecule has 0 bridgehead atoms. The number of nitrogens with zero attached hydrogens (tertiary/aromatic N) is 2. The van der Waals surface area contributed by atoms with E-state index in [1.54, 1.807) is 16.2 Å². The second kappa shape index (κ2) is 4.41. The molecule has 0 saturated heterocycles. The molecule has 1 aliphatic rings. The number of aromatic nitrogens is 1.